The molecule has 1 atom stereocenters. The highest BCUT2D eigenvalue weighted by molar-refractivity contribution is 5.79. The lowest BCUT2D eigenvalue weighted by atomic mass is 10.1. The van der Waals surface area contributed by atoms with Gasteiger partial charge in [-0.25, -0.2) is 0 Å². The maximum absolute atomic E-state index is 12.0. The summed E-state index contributed by atoms with van der Waals surface area (Å²) in [5.74, 6) is -0.906. The van der Waals surface area contributed by atoms with Crippen LogP contribution in [0, 0.1) is 5.92 Å². The molecule has 0 fully saturated rings. The highest BCUT2D eigenvalue weighted by Gasteiger charge is 2.21. The molecule has 6 nitrogen and oxygen atoms in total. The second-order valence-corrected chi connectivity index (χ2v) is 4.49. The molecule has 0 spiro atoms. The lowest BCUT2D eigenvalue weighted by molar-refractivity contribution is -0.147. The van der Waals surface area contributed by atoms with Crippen molar-refractivity contribution >= 4 is 11.9 Å². The molecule has 0 N–H and O–H groups in total. The van der Waals surface area contributed by atoms with Crippen molar-refractivity contribution in [3.8, 4) is 0 Å². The van der Waals surface area contributed by atoms with Gasteiger partial charge < -0.3 is 14.4 Å². The number of aromatic nitrogens is 1. The number of methoxy groups -OCH3 is 2. The van der Waals surface area contributed by atoms with E-state index in [1.54, 1.807) is 30.3 Å². The fourth-order valence-corrected chi connectivity index (χ4v) is 1.79. The van der Waals surface area contributed by atoms with Gasteiger partial charge in [0.15, 0.2) is 0 Å². The number of hydrogen-bond donors (Lipinski definition) is 0. The van der Waals surface area contributed by atoms with Crippen LogP contribution in [0.25, 0.3) is 0 Å². The first-order chi connectivity index (χ1) is 9.58. The molecule has 1 aromatic rings. The number of rotatable bonds is 7. The van der Waals surface area contributed by atoms with E-state index in [0.29, 0.717) is 6.54 Å². The Bertz CT molecular complexity index is 436. The first kappa shape index (κ1) is 16.1. The molecular weight excluding hydrogens is 260 g/mol. The quantitative estimate of drug-likeness (QED) is 0.693. The topological polar surface area (TPSA) is 68.7 Å². The predicted octanol–water partition coefficient (Wildman–Crippen LogP) is 0.866. The summed E-state index contributed by atoms with van der Waals surface area (Å²) in [5, 5.41) is 0. The van der Waals surface area contributed by atoms with Crippen molar-refractivity contribution < 1.29 is 19.1 Å². The number of esters is 1. The van der Waals surface area contributed by atoms with Crippen LogP contribution in [0.1, 0.15) is 12.5 Å². The third kappa shape index (κ3) is 4.97. The van der Waals surface area contributed by atoms with E-state index in [1.807, 2.05) is 6.07 Å². The second kappa shape index (κ2) is 8.27. The Kier molecular flexibility index (Phi) is 6.66. The number of pyridine rings is 1. The van der Waals surface area contributed by atoms with E-state index in [1.165, 1.54) is 14.2 Å². The van der Waals surface area contributed by atoms with Gasteiger partial charge in [0, 0.05) is 32.6 Å². The number of nitrogens with zero attached hydrogens (tertiary/aromatic N) is 2. The van der Waals surface area contributed by atoms with E-state index in [-0.39, 0.29) is 25.0 Å². The van der Waals surface area contributed by atoms with E-state index in [2.05, 4.69) is 9.72 Å². The number of carbonyl (C=O) groups excluding carboxylic acids is 2. The standard InChI is InChI=1S/C14H20N2O4/c1-11(14(18)20-3)8-16(13(17)10-19-2)9-12-5-4-6-15-7-12/h4-7,11H,8-10H2,1-3H3. The lowest BCUT2D eigenvalue weighted by Crippen LogP contribution is -2.38. The molecule has 0 aliphatic carbocycles. The molecule has 6 heteroatoms. The Labute approximate surface area is 118 Å². The Morgan fingerprint density at radius 3 is 2.70 bits per heavy atom. The summed E-state index contributed by atoms with van der Waals surface area (Å²) in [6.45, 7) is 2.37. The smallest absolute Gasteiger partial charge is 0.310 e. The Hall–Kier alpha value is -1.95. The summed E-state index contributed by atoms with van der Waals surface area (Å²) in [7, 11) is 2.80. The van der Waals surface area contributed by atoms with E-state index in [4.69, 9.17) is 4.74 Å². The molecule has 0 aliphatic rings. The van der Waals surface area contributed by atoms with Crippen LogP contribution >= 0.6 is 0 Å². The van der Waals surface area contributed by atoms with Gasteiger partial charge in [-0.3, -0.25) is 14.6 Å². The molecule has 1 aromatic heterocycles. The van der Waals surface area contributed by atoms with Gasteiger partial charge in [0.2, 0.25) is 5.91 Å². The van der Waals surface area contributed by atoms with Gasteiger partial charge in [0.1, 0.15) is 6.61 Å². The summed E-state index contributed by atoms with van der Waals surface area (Å²) in [4.78, 5) is 29.1. The van der Waals surface area contributed by atoms with Crippen molar-refractivity contribution in [2.45, 2.75) is 13.5 Å². The van der Waals surface area contributed by atoms with Crippen LogP contribution in [0.4, 0.5) is 0 Å². The van der Waals surface area contributed by atoms with Crippen LogP contribution in [0.2, 0.25) is 0 Å². The maximum Gasteiger partial charge on any atom is 0.310 e. The van der Waals surface area contributed by atoms with Crippen LogP contribution in [0.3, 0.4) is 0 Å². The number of amides is 1. The molecule has 1 rings (SSSR count). The van der Waals surface area contributed by atoms with E-state index >= 15 is 0 Å². The van der Waals surface area contributed by atoms with Crippen molar-refractivity contribution in [1.29, 1.82) is 0 Å². The Morgan fingerprint density at radius 2 is 2.15 bits per heavy atom. The monoisotopic (exact) mass is 280 g/mol. The third-order valence-electron chi connectivity index (χ3n) is 2.81. The summed E-state index contributed by atoms with van der Waals surface area (Å²) in [6, 6.07) is 3.68. The Morgan fingerprint density at radius 1 is 1.40 bits per heavy atom. The average Bonchev–Trinajstić information content (AvgIpc) is 2.46. The third-order valence-corrected chi connectivity index (χ3v) is 2.81. The molecule has 1 unspecified atom stereocenters. The molecule has 0 aliphatic heterocycles. The second-order valence-electron chi connectivity index (χ2n) is 4.49. The molecular formula is C14H20N2O4. The van der Waals surface area contributed by atoms with E-state index in [0.717, 1.165) is 5.56 Å². The highest BCUT2D eigenvalue weighted by Crippen LogP contribution is 2.08. The minimum atomic E-state index is -0.391. The molecule has 1 heterocycles. The number of carbonyl (C=O) groups is 2. The van der Waals surface area contributed by atoms with Crippen LogP contribution in [-0.2, 0) is 25.6 Å². The molecule has 1 amide bonds. The molecule has 20 heavy (non-hydrogen) atoms. The molecule has 0 bridgehead atoms. The molecule has 110 valence electrons. The van der Waals surface area contributed by atoms with Crippen LogP contribution < -0.4 is 0 Å². The molecule has 0 radical (unpaired) electrons. The van der Waals surface area contributed by atoms with Gasteiger partial charge in [-0.2, -0.15) is 0 Å². The average molecular weight is 280 g/mol. The first-order valence-corrected chi connectivity index (χ1v) is 6.32. The fourth-order valence-electron chi connectivity index (χ4n) is 1.79. The van der Waals surface area contributed by atoms with Crippen LogP contribution in [-0.4, -0.2) is 49.1 Å². The minimum absolute atomic E-state index is 0.0197. The van der Waals surface area contributed by atoms with Gasteiger partial charge in [-0.1, -0.05) is 13.0 Å². The zero-order chi connectivity index (χ0) is 15.0. The first-order valence-electron chi connectivity index (χ1n) is 6.32. The van der Waals surface area contributed by atoms with Gasteiger partial charge in [-0.15, -0.1) is 0 Å². The summed E-state index contributed by atoms with van der Waals surface area (Å²) >= 11 is 0. The largest absolute Gasteiger partial charge is 0.469 e. The van der Waals surface area contributed by atoms with Crippen molar-refractivity contribution in [3.63, 3.8) is 0 Å². The van der Waals surface area contributed by atoms with Crippen LogP contribution in [0.15, 0.2) is 24.5 Å². The van der Waals surface area contributed by atoms with Crippen LogP contribution in [0.5, 0.6) is 0 Å². The van der Waals surface area contributed by atoms with Crippen molar-refractivity contribution in [2.24, 2.45) is 5.92 Å². The van der Waals surface area contributed by atoms with Gasteiger partial charge in [0.25, 0.3) is 0 Å². The van der Waals surface area contributed by atoms with Gasteiger partial charge in [-0.05, 0) is 11.6 Å². The minimum Gasteiger partial charge on any atom is -0.469 e. The maximum atomic E-state index is 12.0. The normalized spacial score (nSPS) is 11.8. The summed E-state index contributed by atoms with van der Waals surface area (Å²) in [6.07, 6.45) is 3.36. The highest BCUT2D eigenvalue weighted by atomic mass is 16.5. The van der Waals surface area contributed by atoms with Crippen molar-refractivity contribution in [1.82, 2.24) is 9.88 Å². The lowest BCUT2D eigenvalue weighted by Gasteiger charge is -2.24. The molecule has 0 saturated heterocycles. The Balaban J connectivity index is 2.75. The van der Waals surface area contributed by atoms with Gasteiger partial charge >= 0.3 is 5.97 Å². The van der Waals surface area contributed by atoms with E-state index in [9.17, 15) is 9.59 Å². The predicted molar refractivity (Wildman–Crippen MR) is 72.7 cm³/mol. The number of hydrogen-bond acceptors (Lipinski definition) is 5. The summed E-state index contributed by atoms with van der Waals surface area (Å²) in [5.41, 5.74) is 0.897. The van der Waals surface area contributed by atoms with Crippen molar-refractivity contribution in [3.05, 3.63) is 30.1 Å². The molecule has 0 saturated carbocycles. The fraction of sp³-hybridized carbons (Fsp3) is 0.500. The van der Waals surface area contributed by atoms with Gasteiger partial charge in [0.05, 0.1) is 13.0 Å². The van der Waals surface area contributed by atoms with Crippen molar-refractivity contribution in [2.75, 3.05) is 27.4 Å². The van der Waals surface area contributed by atoms with E-state index < -0.39 is 5.92 Å². The zero-order valence-corrected chi connectivity index (χ0v) is 12.0. The SMILES string of the molecule is COCC(=O)N(Cc1cccnc1)CC(C)C(=O)OC. The summed E-state index contributed by atoms with van der Waals surface area (Å²) < 4.78 is 9.55. The number of ether oxygens (including phenoxy) is 2. The zero-order valence-electron chi connectivity index (χ0n) is 12.0. The molecule has 0 aromatic carbocycles.